The minimum atomic E-state index is 0.222. The maximum Gasteiger partial charge on any atom is 0.116 e. The van der Waals surface area contributed by atoms with Crippen molar-refractivity contribution in [1.29, 1.82) is 0 Å². The number of rotatable bonds is 3. The molecule has 0 bridgehead atoms. The molecule has 2 heterocycles. The van der Waals surface area contributed by atoms with Crippen molar-refractivity contribution in [1.82, 2.24) is 9.97 Å². The van der Waals surface area contributed by atoms with E-state index in [9.17, 15) is 5.11 Å². The molecule has 5 heteroatoms. The van der Waals surface area contributed by atoms with Crippen LogP contribution in [0.1, 0.15) is 0 Å². The second-order valence-corrected chi connectivity index (χ2v) is 5.99. The van der Waals surface area contributed by atoms with Crippen LogP contribution in [0.15, 0.2) is 60.9 Å². The van der Waals surface area contributed by atoms with E-state index in [0.29, 0.717) is 0 Å². The van der Waals surface area contributed by atoms with Crippen molar-refractivity contribution in [3.63, 3.8) is 0 Å². The van der Waals surface area contributed by atoms with Gasteiger partial charge in [0.25, 0.3) is 0 Å². The van der Waals surface area contributed by atoms with Gasteiger partial charge in [-0.25, -0.2) is 4.98 Å². The van der Waals surface area contributed by atoms with E-state index in [1.807, 2.05) is 6.07 Å². The summed E-state index contributed by atoms with van der Waals surface area (Å²) in [6.07, 6.45) is 3.47. The highest BCUT2D eigenvalue weighted by atomic mass is 16.5. The molecular formula is C20H19N3O2. The number of benzene rings is 2. The van der Waals surface area contributed by atoms with E-state index in [4.69, 9.17) is 4.74 Å². The Bertz CT molecular complexity index is 859. The van der Waals surface area contributed by atoms with Crippen molar-refractivity contribution in [2.75, 3.05) is 31.2 Å². The van der Waals surface area contributed by atoms with Crippen LogP contribution in [0, 0.1) is 0 Å². The summed E-state index contributed by atoms with van der Waals surface area (Å²) in [4.78, 5) is 11.3. The first-order valence-electron chi connectivity index (χ1n) is 8.34. The number of anilines is 1. The molecule has 25 heavy (non-hydrogen) atoms. The zero-order valence-corrected chi connectivity index (χ0v) is 13.8. The molecule has 1 aromatic heterocycles. The van der Waals surface area contributed by atoms with E-state index in [2.05, 4.69) is 39.1 Å². The zero-order chi connectivity index (χ0) is 17.1. The molecule has 4 rings (SSSR count). The van der Waals surface area contributed by atoms with Crippen LogP contribution >= 0.6 is 0 Å². The van der Waals surface area contributed by atoms with Gasteiger partial charge in [-0.3, -0.25) is 4.98 Å². The Morgan fingerprint density at radius 3 is 2.32 bits per heavy atom. The minimum absolute atomic E-state index is 0.222. The van der Waals surface area contributed by atoms with Crippen LogP contribution in [0.3, 0.4) is 0 Å². The third kappa shape index (κ3) is 3.46. The topological polar surface area (TPSA) is 58.5 Å². The molecule has 126 valence electrons. The summed E-state index contributed by atoms with van der Waals surface area (Å²) in [5, 5.41) is 9.65. The predicted octanol–water partition coefficient (Wildman–Crippen LogP) is 3.35. The molecule has 0 saturated carbocycles. The van der Waals surface area contributed by atoms with Gasteiger partial charge in [-0.1, -0.05) is 24.3 Å². The predicted molar refractivity (Wildman–Crippen MR) is 97.6 cm³/mol. The van der Waals surface area contributed by atoms with Crippen LogP contribution in [0.4, 0.5) is 5.69 Å². The Balaban J connectivity index is 1.60. The van der Waals surface area contributed by atoms with E-state index in [1.54, 1.807) is 30.6 Å². The molecule has 1 aliphatic heterocycles. The molecular weight excluding hydrogens is 314 g/mol. The number of hydrogen-bond acceptors (Lipinski definition) is 5. The van der Waals surface area contributed by atoms with Gasteiger partial charge < -0.3 is 14.7 Å². The lowest BCUT2D eigenvalue weighted by Crippen LogP contribution is -2.36. The number of ether oxygens (including phenoxy) is 1. The number of phenols is 1. The smallest absolute Gasteiger partial charge is 0.116 e. The first kappa shape index (κ1) is 15.6. The van der Waals surface area contributed by atoms with Gasteiger partial charge in [0, 0.05) is 29.9 Å². The fourth-order valence-corrected chi connectivity index (χ4v) is 2.97. The zero-order valence-electron chi connectivity index (χ0n) is 13.8. The van der Waals surface area contributed by atoms with Crippen molar-refractivity contribution in [2.45, 2.75) is 0 Å². The maximum absolute atomic E-state index is 9.65. The number of morpholine rings is 1. The summed E-state index contributed by atoms with van der Waals surface area (Å²) in [6, 6.07) is 15.4. The van der Waals surface area contributed by atoms with Crippen molar-refractivity contribution >= 4 is 5.69 Å². The summed E-state index contributed by atoms with van der Waals surface area (Å²) in [6.45, 7) is 3.40. The van der Waals surface area contributed by atoms with Crippen molar-refractivity contribution < 1.29 is 9.84 Å². The monoisotopic (exact) mass is 333 g/mol. The standard InChI is InChI=1S/C20H19N3O2/c24-18-3-1-2-16(12-18)20-14-21-13-19(22-20)15-4-6-17(7-5-15)23-8-10-25-11-9-23/h1-7,12-14,24H,8-11H2. The van der Waals surface area contributed by atoms with Crippen molar-refractivity contribution in [3.05, 3.63) is 60.9 Å². The molecule has 1 fully saturated rings. The van der Waals surface area contributed by atoms with Crippen LogP contribution in [-0.4, -0.2) is 41.4 Å². The van der Waals surface area contributed by atoms with E-state index in [-0.39, 0.29) is 5.75 Å². The fraction of sp³-hybridized carbons (Fsp3) is 0.200. The van der Waals surface area contributed by atoms with Gasteiger partial charge in [-0.2, -0.15) is 0 Å². The highest BCUT2D eigenvalue weighted by molar-refractivity contribution is 5.67. The fourth-order valence-electron chi connectivity index (χ4n) is 2.97. The Morgan fingerprint density at radius 1 is 0.880 bits per heavy atom. The number of aromatic nitrogens is 2. The molecule has 0 amide bonds. The van der Waals surface area contributed by atoms with Crippen LogP contribution in [0.2, 0.25) is 0 Å². The van der Waals surface area contributed by atoms with Crippen molar-refractivity contribution in [2.24, 2.45) is 0 Å². The largest absolute Gasteiger partial charge is 0.508 e. The third-order valence-electron chi connectivity index (χ3n) is 4.32. The molecule has 0 aliphatic carbocycles. The maximum atomic E-state index is 9.65. The average molecular weight is 333 g/mol. The molecule has 1 aliphatic rings. The number of aromatic hydroxyl groups is 1. The van der Waals surface area contributed by atoms with E-state index in [1.165, 1.54) is 5.69 Å². The first-order chi connectivity index (χ1) is 12.3. The quantitative estimate of drug-likeness (QED) is 0.796. The van der Waals surface area contributed by atoms with Crippen LogP contribution in [-0.2, 0) is 4.74 Å². The van der Waals surface area contributed by atoms with E-state index >= 15 is 0 Å². The molecule has 3 aromatic rings. The molecule has 2 aromatic carbocycles. The van der Waals surface area contributed by atoms with E-state index < -0.39 is 0 Å². The van der Waals surface area contributed by atoms with Crippen LogP contribution < -0.4 is 4.90 Å². The lowest BCUT2D eigenvalue weighted by atomic mass is 10.1. The van der Waals surface area contributed by atoms with Gasteiger partial charge in [0.05, 0.1) is 37.0 Å². The summed E-state index contributed by atoms with van der Waals surface area (Å²) < 4.78 is 5.40. The van der Waals surface area contributed by atoms with E-state index in [0.717, 1.165) is 48.8 Å². The summed E-state index contributed by atoms with van der Waals surface area (Å²) in [7, 11) is 0. The summed E-state index contributed by atoms with van der Waals surface area (Å²) in [5.41, 5.74) is 4.62. The molecule has 0 unspecified atom stereocenters. The Kier molecular flexibility index (Phi) is 4.31. The highest BCUT2D eigenvalue weighted by Crippen LogP contribution is 2.25. The lowest BCUT2D eigenvalue weighted by molar-refractivity contribution is 0.122. The van der Waals surface area contributed by atoms with Gasteiger partial charge in [-0.05, 0) is 24.3 Å². The lowest BCUT2D eigenvalue weighted by Gasteiger charge is -2.28. The number of hydrogen-bond donors (Lipinski definition) is 1. The highest BCUT2D eigenvalue weighted by Gasteiger charge is 2.11. The van der Waals surface area contributed by atoms with Gasteiger partial charge >= 0.3 is 0 Å². The summed E-state index contributed by atoms with van der Waals surface area (Å²) in [5.74, 6) is 0.222. The molecule has 0 atom stereocenters. The Hall–Kier alpha value is -2.92. The average Bonchev–Trinajstić information content (AvgIpc) is 2.69. The van der Waals surface area contributed by atoms with Gasteiger partial charge in [0.2, 0.25) is 0 Å². The minimum Gasteiger partial charge on any atom is -0.508 e. The van der Waals surface area contributed by atoms with Crippen molar-refractivity contribution in [3.8, 4) is 28.3 Å². The Labute approximate surface area is 146 Å². The van der Waals surface area contributed by atoms with Gasteiger partial charge in [-0.15, -0.1) is 0 Å². The normalized spacial score (nSPS) is 14.5. The summed E-state index contributed by atoms with van der Waals surface area (Å²) >= 11 is 0. The first-order valence-corrected chi connectivity index (χ1v) is 8.34. The molecule has 5 nitrogen and oxygen atoms in total. The number of phenolic OH excluding ortho intramolecular Hbond substituents is 1. The van der Waals surface area contributed by atoms with Gasteiger partial charge in [0.1, 0.15) is 5.75 Å². The second-order valence-electron chi connectivity index (χ2n) is 5.99. The molecule has 0 spiro atoms. The SMILES string of the molecule is Oc1cccc(-c2cncc(-c3ccc(N4CCOCC4)cc3)n2)c1. The molecule has 1 N–H and O–H groups in total. The van der Waals surface area contributed by atoms with Crippen LogP contribution in [0.5, 0.6) is 5.75 Å². The van der Waals surface area contributed by atoms with Crippen LogP contribution in [0.25, 0.3) is 22.5 Å². The number of nitrogens with zero attached hydrogens (tertiary/aromatic N) is 3. The molecule has 1 saturated heterocycles. The molecule has 0 radical (unpaired) electrons. The van der Waals surface area contributed by atoms with Gasteiger partial charge in [0.15, 0.2) is 0 Å². The second kappa shape index (κ2) is 6.91. The Morgan fingerprint density at radius 2 is 1.60 bits per heavy atom. The third-order valence-corrected chi connectivity index (χ3v) is 4.32.